The van der Waals surface area contributed by atoms with Crippen LogP contribution < -0.4 is 4.90 Å². The molecule has 5 heteroatoms. The zero-order valence-electron chi connectivity index (χ0n) is 11.7. The van der Waals surface area contributed by atoms with Gasteiger partial charge in [0.1, 0.15) is 17.6 Å². The normalized spacial score (nSPS) is 23.8. The fraction of sp³-hybridized carbons (Fsp3) is 0.600. The van der Waals surface area contributed by atoms with Gasteiger partial charge in [-0.1, -0.05) is 6.07 Å². The van der Waals surface area contributed by atoms with E-state index in [1.54, 1.807) is 6.07 Å². The maximum atomic E-state index is 8.91. The van der Waals surface area contributed by atoms with Crippen LogP contribution in [-0.4, -0.2) is 55.8 Å². The lowest BCUT2D eigenvalue weighted by Crippen LogP contribution is -2.48. The number of pyridine rings is 1. The van der Waals surface area contributed by atoms with Crippen molar-refractivity contribution in [3.8, 4) is 6.07 Å². The Morgan fingerprint density at radius 3 is 2.85 bits per heavy atom. The number of ether oxygens (including phenoxy) is 1. The van der Waals surface area contributed by atoms with Crippen LogP contribution in [0.5, 0.6) is 0 Å². The Hall–Kier alpha value is -1.64. The van der Waals surface area contributed by atoms with Crippen LogP contribution in [0.4, 0.5) is 5.82 Å². The number of nitrogens with zero attached hydrogens (tertiary/aromatic N) is 4. The van der Waals surface area contributed by atoms with Crippen molar-refractivity contribution in [1.82, 2.24) is 9.88 Å². The van der Waals surface area contributed by atoms with E-state index in [0.29, 0.717) is 11.6 Å². The van der Waals surface area contributed by atoms with E-state index in [9.17, 15) is 0 Å². The van der Waals surface area contributed by atoms with Gasteiger partial charge in [0.15, 0.2) is 0 Å². The predicted molar refractivity (Wildman–Crippen MR) is 76.5 cm³/mol. The molecule has 0 bridgehead atoms. The van der Waals surface area contributed by atoms with Crippen molar-refractivity contribution in [2.45, 2.75) is 6.42 Å². The molecule has 3 heterocycles. The summed E-state index contributed by atoms with van der Waals surface area (Å²) in [7, 11) is 0. The lowest BCUT2D eigenvalue weighted by Gasteiger charge is -2.36. The van der Waals surface area contributed by atoms with Crippen LogP contribution in [0.3, 0.4) is 0 Å². The minimum absolute atomic E-state index is 0.494. The van der Waals surface area contributed by atoms with Crippen LogP contribution in [0, 0.1) is 17.2 Å². The predicted octanol–water partition coefficient (Wildman–Crippen LogP) is 1.11. The first-order valence-electron chi connectivity index (χ1n) is 7.27. The number of rotatable bonds is 3. The molecule has 2 fully saturated rings. The van der Waals surface area contributed by atoms with Crippen molar-refractivity contribution in [2.24, 2.45) is 5.92 Å². The molecule has 0 spiro atoms. The second-order valence-corrected chi connectivity index (χ2v) is 5.51. The number of hydrogen-bond donors (Lipinski definition) is 0. The van der Waals surface area contributed by atoms with Gasteiger partial charge in [0, 0.05) is 39.3 Å². The molecule has 1 atom stereocenters. The largest absolute Gasteiger partial charge is 0.381 e. The van der Waals surface area contributed by atoms with E-state index >= 15 is 0 Å². The van der Waals surface area contributed by atoms with Crippen LogP contribution in [0.2, 0.25) is 0 Å². The smallest absolute Gasteiger partial charge is 0.142 e. The number of aromatic nitrogens is 1. The maximum absolute atomic E-state index is 8.91. The van der Waals surface area contributed by atoms with Crippen LogP contribution in [0.25, 0.3) is 0 Å². The molecule has 2 aliphatic heterocycles. The van der Waals surface area contributed by atoms with Crippen molar-refractivity contribution in [1.29, 1.82) is 5.26 Å². The second kappa shape index (κ2) is 6.21. The van der Waals surface area contributed by atoms with Gasteiger partial charge in [0.25, 0.3) is 0 Å². The molecular weight excluding hydrogens is 252 g/mol. The molecule has 1 aromatic heterocycles. The first kappa shape index (κ1) is 13.3. The van der Waals surface area contributed by atoms with E-state index in [2.05, 4.69) is 20.9 Å². The lowest BCUT2D eigenvalue weighted by molar-refractivity contribution is 0.164. The highest BCUT2D eigenvalue weighted by atomic mass is 16.5. The van der Waals surface area contributed by atoms with Crippen LogP contribution in [-0.2, 0) is 4.74 Å². The van der Waals surface area contributed by atoms with Crippen LogP contribution in [0.1, 0.15) is 12.1 Å². The summed E-state index contributed by atoms with van der Waals surface area (Å²) in [5.41, 5.74) is 0.494. The molecule has 0 aromatic carbocycles. The van der Waals surface area contributed by atoms with E-state index in [4.69, 9.17) is 10.00 Å². The van der Waals surface area contributed by atoms with E-state index in [-0.39, 0.29) is 0 Å². The molecule has 106 valence electrons. The third-order valence-electron chi connectivity index (χ3n) is 4.09. The molecule has 0 radical (unpaired) electrons. The summed E-state index contributed by atoms with van der Waals surface area (Å²) in [6.45, 7) is 7.09. The maximum Gasteiger partial charge on any atom is 0.142 e. The summed E-state index contributed by atoms with van der Waals surface area (Å²) in [4.78, 5) is 9.15. The van der Waals surface area contributed by atoms with Crippen LogP contribution >= 0.6 is 0 Å². The Morgan fingerprint density at radius 1 is 1.30 bits per heavy atom. The first-order valence-corrected chi connectivity index (χ1v) is 7.27. The minimum atomic E-state index is 0.494. The molecule has 5 nitrogen and oxygen atoms in total. The topological polar surface area (TPSA) is 52.4 Å². The van der Waals surface area contributed by atoms with Gasteiger partial charge in [-0.3, -0.25) is 4.90 Å². The standard InChI is InChI=1S/C15H20N4O/c16-10-14-2-1-3-15(17-14)19-7-5-18(6-8-19)11-13-4-9-20-12-13/h1-3,13H,4-9,11-12H2. The molecule has 0 saturated carbocycles. The van der Waals surface area contributed by atoms with Crippen molar-refractivity contribution >= 4 is 5.82 Å². The Balaban J connectivity index is 1.53. The Bertz CT molecular complexity index is 485. The quantitative estimate of drug-likeness (QED) is 0.825. The van der Waals surface area contributed by atoms with E-state index < -0.39 is 0 Å². The highest BCUT2D eigenvalue weighted by Gasteiger charge is 2.23. The molecule has 3 rings (SSSR count). The highest BCUT2D eigenvalue weighted by molar-refractivity contribution is 5.42. The molecule has 1 unspecified atom stereocenters. The lowest BCUT2D eigenvalue weighted by atomic mass is 10.1. The van der Waals surface area contributed by atoms with Crippen molar-refractivity contribution < 1.29 is 4.74 Å². The highest BCUT2D eigenvalue weighted by Crippen LogP contribution is 2.17. The summed E-state index contributed by atoms with van der Waals surface area (Å²) in [5, 5.41) is 8.91. The molecule has 0 N–H and O–H groups in total. The van der Waals surface area contributed by atoms with Crippen molar-refractivity contribution in [3.63, 3.8) is 0 Å². The van der Waals surface area contributed by atoms with Gasteiger partial charge in [-0.2, -0.15) is 5.26 Å². The van der Waals surface area contributed by atoms with Gasteiger partial charge in [0.2, 0.25) is 0 Å². The van der Waals surface area contributed by atoms with Gasteiger partial charge >= 0.3 is 0 Å². The fourth-order valence-electron chi connectivity index (χ4n) is 2.91. The van der Waals surface area contributed by atoms with Gasteiger partial charge < -0.3 is 9.64 Å². The summed E-state index contributed by atoms with van der Waals surface area (Å²) in [6.07, 6.45) is 1.20. The summed E-state index contributed by atoms with van der Waals surface area (Å²) in [5.74, 6) is 1.63. The number of piperazine rings is 1. The van der Waals surface area contributed by atoms with Gasteiger partial charge in [-0.15, -0.1) is 0 Å². The van der Waals surface area contributed by atoms with Crippen molar-refractivity contribution in [2.75, 3.05) is 50.8 Å². The zero-order chi connectivity index (χ0) is 13.8. The molecular formula is C15H20N4O. The third-order valence-corrected chi connectivity index (χ3v) is 4.09. The second-order valence-electron chi connectivity index (χ2n) is 5.51. The third kappa shape index (κ3) is 3.09. The van der Waals surface area contributed by atoms with E-state index in [1.165, 1.54) is 6.42 Å². The van der Waals surface area contributed by atoms with Gasteiger partial charge in [0.05, 0.1) is 6.61 Å². The molecule has 2 aliphatic rings. The van der Waals surface area contributed by atoms with Gasteiger partial charge in [-0.05, 0) is 24.5 Å². The monoisotopic (exact) mass is 272 g/mol. The Kier molecular flexibility index (Phi) is 4.14. The van der Waals surface area contributed by atoms with Crippen LogP contribution in [0.15, 0.2) is 18.2 Å². The molecule has 20 heavy (non-hydrogen) atoms. The van der Waals surface area contributed by atoms with E-state index in [0.717, 1.165) is 51.8 Å². The number of hydrogen-bond acceptors (Lipinski definition) is 5. The summed E-state index contributed by atoms with van der Waals surface area (Å²) >= 11 is 0. The molecule has 0 aliphatic carbocycles. The van der Waals surface area contributed by atoms with Crippen molar-refractivity contribution in [3.05, 3.63) is 23.9 Å². The molecule has 0 amide bonds. The molecule has 2 saturated heterocycles. The minimum Gasteiger partial charge on any atom is -0.381 e. The molecule has 1 aromatic rings. The average molecular weight is 272 g/mol. The van der Waals surface area contributed by atoms with Gasteiger partial charge in [-0.25, -0.2) is 4.98 Å². The summed E-state index contributed by atoms with van der Waals surface area (Å²) in [6, 6.07) is 7.74. The average Bonchev–Trinajstić information content (AvgIpc) is 3.01. The number of anilines is 1. The Labute approximate surface area is 119 Å². The first-order chi connectivity index (χ1) is 9.85. The fourth-order valence-corrected chi connectivity index (χ4v) is 2.91. The SMILES string of the molecule is N#Cc1cccc(N2CCN(CC3CCOC3)CC2)n1. The summed E-state index contributed by atoms with van der Waals surface area (Å²) < 4.78 is 5.44. The zero-order valence-corrected chi connectivity index (χ0v) is 11.7. The van der Waals surface area contributed by atoms with E-state index in [1.807, 2.05) is 12.1 Å². The number of nitriles is 1. The Morgan fingerprint density at radius 2 is 2.15 bits per heavy atom.